The molecule has 0 fully saturated rings. The SMILES string of the molecule is CCCCCC/C=C/CCCCCCCCCCCC(=O)O[C@H](COC(=O)CCCCCCCCCCCCCCCCCCCCCCCC)COP(=O)(O)O. The van der Waals surface area contributed by atoms with Gasteiger partial charge in [0.05, 0.1) is 6.61 Å². The topological polar surface area (TPSA) is 119 Å². The van der Waals surface area contributed by atoms with Crippen LogP contribution in [0.2, 0.25) is 0 Å². The Balaban J connectivity index is 3.78. The second kappa shape index (κ2) is 44.3. The smallest absolute Gasteiger partial charge is 0.462 e. The number of carbonyl (C=O) groups is 2. The first-order valence-corrected chi connectivity index (χ1v) is 26.0. The Morgan fingerprint density at radius 3 is 1.09 bits per heavy atom. The molecule has 8 nitrogen and oxygen atoms in total. The molecule has 9 heteroatoms. The summed E-state index contributed by atoms with van der Waals surface area (Å²) in [5.41, 5.74) is 0. The second-order valence-corrected chi connectivity index (χ2v) is 18.0. The molecule has 2 N–H and O–H groups in total. The molecule has 0 aromatic rings. The molecular weight excluding hydrogens is 735 g/mol. The van der Waals surface area contributed by atoms with Crippen molar-refractivity contribution in [3.05, 3.63) is 12.2 Å². The fraction of sp³-hybridized carbons (Fsp3) is 0.917. The molecule has 0 saturated heterocycles. The van der Waals surface area contributed by atoms with E-state index in [0.717, 1.165) is 38.5 Å². The van der Waals surface area contributed by atoms with Crippen LogP contribution in [-0.4, -0.2) is 41.0 Å². The van der Waals surface area contributed by atoms with Crippen molar-refractivity contribution in [2.24, 2.45) is 0 Å². The van der Waals surface area contributed by atoms with Crippen molar-refractivity contribution in [3.8, 4) is 0 Å². The summed E-state index contributed by atoms with van der Waals surface area (Å²) >= 11 is 0. The van der Waals surface area contributed by atoms with Crippen LogP contribution >= 0.6 is 7.82 Å². The zero-order valence-electron chi connectivity index (χ0n) is 37.5. The second-order valence-electron chi connectivity index (χ2n) is 16.8. The molecule has 0 aliphatic heterocycles. The van der Waals surface area contributed by atoms with E-state index in [1.165, 1.54) is 193 Å². The average Bonchev–Trinajstić information content (AvgIpc) is 3.18. The van der Waals surface area contributed by atoms with E-state index in [9.17, 15) is 14.2 Å². The van der Waals surface area contributed by atoms with Crippen LogP contribution in [0.5, 0.6) is 0 Å². The Hall–Kier alpha value is -1.21. The van der Waals surface area contributed by atoms with Crippen molar-refractivity contribution < 1.29 is 37.9 Å². The maximum atomic E-state index is 12.4. The number of unbranched alkanes of at least 4 members (excludes halogenated alkanes) is 34. The predicted octanol–water partition coefficient (Wildman–Crippen LogP) is 15.4. The normalized spacial score (nSPS) is 12.4. The zero-order chi connectivity index (χ0) is 41.8. The summed E-state index contributed by atoms with van der Waals surface area (Å²) < 4.78 is 26.5. The third-order valence-electron chi connectivity index (χ3n) is 11.0. The van der Waals surface area contributed by atoms with Gasteiger partial charge in [0.15, 0.2) is 6.10 Å². The van der Waals surface area contributed by atoms with E-state index in [4.69, 9.17) is 19.3 Å². The average molecular weight is 829 g/mol. The Labute approximate surface area is 352 Å². The fourth-order valence-corrected chi connectivity index (χ4v) is 7.73. The molecule has 1 atom stereocenters. The number of phosphoric ester groups is 1. The van der Waals surface area contributed by atoms with Gasteiger partial charge in [0.25, 0.3) is 0 Å². The van der Waals surface area contributed by atoms with Crippen LogP contribution in [0.3, 0.4) is 0 Å². The van der Waals surface area contributed by atoms with Crippen molar-refractivity contribution in [1.29, 1.82) is 0 Å². The van der Waals surface area contributed by atoms with E-state index in [-0.39, 0.29) is 19.4 Å². The van der Waals surface area contributed by atoms with E-state index >= 15 is 0 Å². The van der Waals surface area contributed by atoms with Crippen LogP contribution < -0.4 is 0 Å². The molecule has 0 saturated carbocycles. The summed E-state index contributed by atoms with van der Waals surface area (Å²) in [5, 5.41) is 0. The highest BCUT2D eigenvalue weighted by Crippen LogP contribution is 2.36. The van der Waals surface area contributed by atoms with E-state index in [1.807, 2.05) is 0 Å². The van der Waals surface area contributed by atoms with Gasteiger partial charge in [-0.15, -0.1) is 0 Å². The molecule has 338 valence electrons. The number of hydrogen-bond acceptors (Lipinski definition) is 6. The molecule has 0 rings (SSSR count). The molecular formula is C48H93O8P. The lowest BCUT2D eigenvalue weighted by molar-refractivity contribution is -0.161. The number of esters is 2. The molecule has 0 heterocycles. The predicted molar refractivity (Wildman–Crippen MR) is 239 cm³/mol. The first-order valence-electron chi connectivity index (χ1n) is 24.5. The molecule has 57 heavy (non-hydrogen) atoms. The highest BCUT2D eigenvalue weighted by Gasteiger charge is 2.23. The Kier molecular flexibility index (Phi) is 43.4. The molecule has 0 spiro atoms. The highest BCUT2D eigenvalue weighted by molar-refractivity contribution is 7.46. The van der Waals surface area contributed by atoms with Gasteiger partial charge >= 0.3 is 19.8 Å². The maximum Gasteiger partial charge on any atom is 0.469 e. The summed E-state index contributed by atoms with van der Waals surface area (Å²) in [4.78, 5) is 43.0. The zero-order valence-corrected chi connectivity index (χ0v) is 38.4. The van der Waals surface area contributed by atoms with Gasteiger partial charge in [-0.25, -0.2) is 4.57 Å². The van der Waals surface area contributed by atoms with E-state index in [0.29, 0.717) is 6.42 Å². The van der Waals surface area contributed by atoms with Crippen LogP contribution in [0, 0.1) is 0 Å². The van der Waals surface area contributed by atoms with Gasteiger partial charge in [0.2, 0.25) is 0 Å². The van der Waals surface area contributed by atoms with E-state index < -0.39 is 32.5 Å². The number of carbonyl (C=O) groups excluding carboxylic acids is 2. The lowest BCUT2D eigenvalue weighted by Crippen LogP contribution is -2.29. The molecule has 0 amide bonds. The third kappa shape index (κ3) is 47.3. The first-order chi connectivity index (χ1) is 27.8. The van der Waals surface area contributed by atoms with Gasteiger partial charge in [0, 0.05) is 12.8 Å². The minimum Gasteiger partial charge on any atom is -0.462 e. The Bertz CT molecular complexity index is 935. The van der Waals surface area contributed by atoms with Gasteiger partial charge in [-0.05, 0) is 38.5 Å². The van der Waals surface area contributed by atoms with Crippen molar-refractivity contribution in [3.63, 3.8) is 0 Å². The molecule has 0 aromatic carbocycles. The summed E-state index contributed by atoms with van der Waals surface area (Å²) in [6, 6.07) is 0. The summed E-state index contributed by atoms with van der Waals surface area (Å²) in [5.74, 6) is -0.870. The Morgan fingerprint density at radius 2 is 0.737 bits per heavy atom. The fourth-order valence-electron chi connectivity index (χ4n) is 7.37. The summed E-state index contributed by atoms with van der Waals surface area (Å²) in [6.07, 6.45) is 50.9. The standard InChI is InChI=1S/C48H93O8P/c1-3-5-7-9-11-13-15-17-19-21-22-23-24-25-27-28-30-32-34-36-38-40-42-47(49)54-44-46(45-55-57(51,52)53)56-48(50)43-41-39-37-35-33-31-29-26-20-18-16-14-12-10-8-6-4-2/h14,16,46H,3-13,15,17-45H2,1-2H3,(H2,51,52,53)/b16-14+/t46-/m1/s1. The molecule has 0 radical (unpaired) electrons. The summed E-state index contributed by atoms with van der Waals surface area (Å²) in [7, 11) is -4.75. The number of allylic oxidation sites excluding steroid dienone is 2. The molecule has 0 aliphatic carbocycles. The molecule has 0 aliphatic rings. The van der Waals surface area contributed by atoms with Crippen LogP contribution in [0.25, 0.3) is 0 Å². The number of rotatable bonds is 46. The van der Waals surface area contributed by atoms with Crippen LogP contribution in [0.15, 0.2) is 12.2 Å². The Morgan fingerprint density at radius 1 is 0.439 bits per heavy atom. The van der Waals surface area contributed by atoms with Crippen molar-refractivity contribution in [2.45, 2.75) is 270 Å². The largest absolute Gasteiger partial charge is 0.469 e. The van der Waals surface area contributed by atoms with Gasteiger partial charge in [0.1, 0.15) is 6.61 Å². The monoisotopic (exact) mass is 829 g/mol. The molecule has 0 aromatic heterocycles. The van der Waals surface area contributed by atoms with E-state index in [2.05, 4.69) is 30.5 Å². The van der Waals surface area contributed by atoms with Crippen LogP contribution in [0.4, 0.5) is 0 Å². The minimum absolute atomic E-state index is 0.214. The van der Waals surface area contributed by atoms with E-state index in [1.54, 1.807) is 0 Å². The quantitative estimate of drug-likeness (QED) is 0.0269. The van der Waals surface area contributed by atoms with Gasteiger partial charge in [-0.2, -0.15) is 0 Å². The molecule has 0 bridgehead atoms. The van der Waals surface area contributed by atoms with Crippen molar-refractivity contribution >= 4 is 19.8 Å². The highest BCUT2D eigenvalue weighted by atomic mass is 31.2. The number of phosphoric acid groups is 1. The molecule has 0 unspecified atom stereocenters. The van der Waals surface area contributed by atoms with Crippen molar-refractivity contribution in [2.75, 3.05) is 13.2 Å². The number of hydrogen-bond donors (Lipinski definition) is 2. The lowest BCUT2D eigenvalue weighted by atomic mass is 10.0. The van der Waals surface area contributed by atoms with Crippen LogP contribution in [-0.2, 0) is 28.2 Å². The first kappa shape index (κ1) is 55.8. The minimum atomic E-state index is -4.75. The third-order valence-corrected chi connectivity index (χ3v) is 11.5. The maximum absolute atomic E-state index is 12.4. The van der Waals surface area contributed by atoms with Crippen molar-refractivity contribution in [1.82, 2.24) is 0 Å². The van der Waals surface area contributed by atoms with Crippen LogP contribution in [0.1, 0.15) is 264 Å². The number of ether oxygens (including phenoxy) is 2. The lowest BCUT2D eigenvalue weighted by Gasteiger charge is -2.18. The summed E-state index contributed by atoms with van der Waals surface area (Å²) in [6.45, 7) is 3.72. The van der Waals surface area contributed by atoms with Gasteiger partial charge in [-0.3, -0.25) is 14.1 Å². The van der Waals surface area contributed by atoms with Gasteiger partial charge in [-0.1, -0.05) is 225 Å². The van der Waals surface area contributed by atoms with Gasteiger partial charge < -0.3 is 19.3 Å².